The van der Waals surface area contributed by atoms with E-state index >= 15 is 0 Å². The summed E-state index contributed by atoms with van der Waals surface area (Å²) in [5.74, 6) is -1.04. The van der Waals surface area contributed by atoms with Crippen molar-refractivity contribution in [3.63, 3.8) is 0 Å². The van der Waals surface area contributed by atoms with E-state index in [9.17, 15) is 19.8 Å². The van der Waals surface area contributed by atoms with Gasteiger partial charge in [0.2, 0.25) is 5.91 Å². The fraction of sp³-hybridized carbons (Fsp3) is 0.739. The van der Waals surface area contributed by atoms with Crippen LogP contribution in [0.15, 0.2) is 23.7 Å². The largest absolute Gasteiger partial charge is 0.515 e. The Bertz CT molecular complexity index is 586. The lowest BCUT2D eigenvalue weighted by molar-refractivity contribution is -0.299. The fourth-order valence-corrected chi connectivity index (χ4v) is 3.61. The summed E-state index contributed by atoms with van der Waals surface area (Å²) in [5, 5.41) is 38.8. The van der Waals surface area contributed by atoms with Gasteiger partial charge in [-0.3, -0.25) is 10.5 Å². The Labute approximate surface area is 186 Å². The third kappa shape index (κ3) is 13.2. The van der Waals surface area contributed by atoms with Gasteiger partial charge in [0.05, 0.1) is 35.9 Å². The SMILES string of the molecule is CC(C)(CCC(O)CCCC(O)CCC(C)(C)C/C(=C/O)C([NH3+])=O)C/C(=C/O)C(N)=O. The topological polar surface area (TPSA) is 169 Å². The monoisotopic (exact) mass is 443 g/mol. The molecule has 180 valence electrons. The lowest BCUT2D eigenvalue weighted by Crippen LogP contribution is -2.58. The maximum absolute atomic E-state index is 11.4. The molecule has 0 aromatic carbocycles. The van der Waals surface area contributed by atoms with Crippen molar-refractivity contribution in [1.29, 1.82) is 0 Å². The number of nitrogens with two attached hydrogens (primary N) is 1. The van der Waals surface area contributed by atoms with E-state index in [4.69, 9.17) is 15.9 Å². The molecule has 0 fully saturated rings. The summed E-state index contributed by atoms with van der Waals surface area (Å²) in [4.78, 5) is 22.6. The summed E-state index contributed by atoms with van der Waals surface area (Å²) in [7, 11) is 0. The van der Waals surface area contributed by atoms with E-state index < -0.39 is 24.0 Å². The van der Waals surface area contributed by atoms with Gasteiger partial charge in [-0.15, -0.1) is 0 Å². The summed E-state index contributed by atoms with van der Waals surface area (Å²) in [6.07, 6.45) is 5.63. The second-order valence-corrected chi connectivity index (χ2v) is 10.1. The molecule has 0 aliphatic heterocycles. The van der Waals surface area contributed by atoms with Crippen LogP contribution in [0.4, 0.5) is 0 Å². The van der Waals surface area contributed by atoms with Gasteiger partial charge in [0.1, 0.15) is 0 Å². The molecule has 0 radical (unpaired) electrons. The number of hydrogen-bond acceptors (Lipinski definition) is 6. The van der Waals surface area contributed by atoms with Crippen molar-refractivity contribution < 1.29 is 35.7 Å². The normalized spacial score (nSPS) is 15.6. The molecule has 0 bridgehead atoms. The minimum Gasteiger partial charge on any atom is -0.515 e. The highest BCUT2D eigenvalue weighted by molar-refractivity contribution is 5.91. The highest BCUT2D eigenvalue weighted by Gasteiger charge is 2.25. The molecular weight excluding hydrogens is 400 g/mol. The van der Waals surface area contributed by atoms with Crippen LogP contribution < -0.4 is 11.5 Å². The third-order valence-corrected chi connectivity index (χ3v) is 5.71. The average molecular weight is 444 g/mol. The molecule has 2 amide bonds. The fourth-order valence-electron chi connectivity index (χ4n) is 3.61. The molecule has 0 aliphatic carbocycles. The van der Waals surface area contributed by atoms with Crippen molar-refractivity contribution in [3.8, 4) is 0 Å². The molecule has 0 saturated carbocycles. The highest BCUT2D eigenvalue weighted by atomic mass is 16.3. The Morgan fingerprint density at radius 3 is 1.55 bits per heavy atom. The summed E-state index contributed by atoms with van der Waals surface area (Å²) in [6.45, 7) is 7.87. The Morgan fingerprint density at radius 1 is 0.839 bits per heavy atom. The van der Waals surface area contributed by atoms with Crippen molar-refractivity contribution in [1.82, 2.24) is 0 Å². The second-order valence-electron chi connectivity index (χ2n) is 10.1. The predicted octanol–water partition coefficient (Wildman–Crippen LogP) is 2.41. The van der Waals surface area contributed by atoms with E-state index in [1.54, 1.807) is 0 Å². The molecule has 8 nitrogen and oxygen atoms in total. The number of rotatable bonds is 16. The molecule has 0 aromatic rings. The minimum atomic E-state index is -0.644. The van der Waals surface area contributed by atoms with Gasteiger partial charge in [-0.2, -0.15) is 0 Å². The number of hydrogen-bond donors (Lipinski definition) is 6. The third-order valence-electron chi connectivity index (χ3n) is 5.71. The molecule has 31 heavy (non-hydrogen) atoms. The van der Waals surface area contributed by atoms with Crippen molar-refractivity contribution in [2.45, 2.75) is 97.7 Å². The van der Waals surface area contributed by atoms with Crippen LogP contribution in [-0.4, -0.2) is 44.4 Å². The van der Waals surface area contributed by atoms with Gasteiger partial charge < -0.3 is 26.2 Å². The van der Waals surface area contributed by atoms with Crippen LogP contribution in [0.3, 0.4) is 0 Å². The van der Waals surface area contributed by atoms with Gasteiger partial charge in [0.15, 0.2) is 0 Å². The molecule has 0 heterocycles. The molecule has 8 heteroatoms. The lowest BCUT2D eigenvalue weighted by atomic mass is 9.80. The molecule has 0 aromatic heterocycles. The Hall–Kier alpha value is -1.90. The maximum Gasteiger partial charge on any atom is 0.340 e. The van der Waals surface area contributed by atoms with Crippen LogP contribution >= 0.6 is 0 Å². The maximum atomic E-state index is 11.4. The van der Waals surface area contributed by atoms with E-state index in [-0.39, 0.29) is 22.0 Å². The zero-order chi connectivity index (χ0) is 24.2. The first-order valence-corrected chi connectivity index (χ1v) is 10.9. The molecule has 0 aliphatic rings. The van der Waals surface area contributed by atoms with Gasteiger partial charge >= 0.3 is 5.91 Å². The zero-order valence-electron chi connectivity index (χ0n) is 19.6. The minimum absolute atomic E-state index is 0.173. The van der Waals surface area contributed by atoms with Gasteiger partial charge in [-0.25, -0.2) is 4.79 Å². The van der Waals surface area contributed by atoms with E-state index in [0.29, 0.717) is 57.8 Å². The highest BCUT2D eigenvalue weighted by Crippen LogP contribution is 2.32. The molecule has 0 rings (SSSR count). The Morgan fingerprint density at radius 2 is 1.23 bits per heavy atom. The first kappa shape index (κ1) is 29.1. The van der Waals surface area contributed by atoms with E-state index in [0.717, 1.165) is 12.5 Å². The first-order chi connectivity index (χ1) is 14.2. The van der Waals surface area contributed by atoms with Crippen molar-refractivity contribution in [2.75, 3.05) is 0 Å². The van der Waals surface area contributed by atoms with Crippen molar-refractivity contribution >= 4 is 11.8 Å². The molecule has 2 atom stereocenters. The van der Waals surface area contributed by atoms with E-state index in [1.807, 2.05) is 27.7 Å². The molecule has 2 unspecified atom stereocenters. The number of primary amides is 1. The first-order valence-electron chi connectivity index (χ1n) is 10.9. The number of carbonyl (C=O) groups is 2. The van der Waals surface area contributed by atoms with Crippen LogP contribution in [0.1, 0.15) is 85.5 Å². The van der Waals surface area contributed by atoms with Crippen LogP contribution in [0.5, 0.6) is 0 Å². The second kappa shape index (κ2) is 13.5. The molecule has 0 spiro atoms. The quantitative estimate of drug-likeness (QED) is 0.158. The number of amides is 2. The van der Waals surface area contributed by atoms with Crippen LogP contribution in [-0.2, 0) is 9.59 Å². The standard InChI is InChI=1S/C23H42N2O6/c1-22(2,12-16(14-26)20(24)30)10-8-18(28)6-5-7-19(29)9-11-23(3,4)13-17(15-27)21(25)31/h14-15,18-19,26-29H,5-13H2,1-4H3,(H2,24,30)(H2,25,31)/p+1/b16-14-,17-15-. The number of aliphatic hydroxyl groups is 4. The van der Waals surface area contributed by atoms with Gasteiger partial charge in [-0.1, -0.05) is 27.7 Å². The smallest absolute Gasteiger partial charge is 0.340 e. The van der Waals surface area contributed by atoms with Crippen LogP contribution in [0.2, 0.25) is 0 Å². The van der Waals surface area contributed by atoms with E-state index in [1.165, 1.54) is 0 Å². The number of aliphatic hydroxyl groups excluding tert-OH is 4. The van der Waals surface area contributed by atoms with Crippen LogP contribution in [0, 0.1) is 10.8 Å². The summed E-state index contributed by atoms with van der Waals surface area (Å²) in [6, 6.07) is 0. The van der Waals surface area contributed by atoms with Crippen LogP contribution in [0.25, 0.3) is 0 Å². The average Bonchev–Trinajstić information content (AvgIpc) is 2.67. The van der Waals surface area contributed by atoms with Gasteiger partial charge in [-0.05, 0) is 68.6 Å². The molecular formula is C23H43N2O6+. The van der Waals surface area contributed by atoms with Crippen molar-refractivity contribution in [3.05, 3.63) is 23.7 Å². The Balaban J connectivity index is 4.27. The molecule has 0 saturated heterocycles. The van der Waals surface area contributed by atoms with E-state index in [2.05, 4.69) is 5.73 Å². The summed E-state index contributed by atoms with van der Waals surface area (Å²) in [5.41, 5.74) is 8.47. The molecule has 9 N–H and O–H groups in total. The Kier molecular flexibility index (Phi) is 12.7. The summed E-state index contributed by atoms with van der Waals surface area (Å²) >= 11 is 0. The van der Waals surface area contributed by atoms with Gasteiger partial charge in [0.25, 0.3) is 0 Å². The number of carbonyl (C=O) groups excluding carboxylic acids is 2. The van der Waals surface area contributed by atoms with Crippen molar-refractivity contribution in [2.24, 2.45) is 16.6 Å². The summed E-state index contributed by atoms with van der Waals surface area (Å²) < 4.78 is 0. The van der Waals surface area contributed by atoms with Gasteiger partial charge in [0, 0.05) is 0 Å². The predicted molar refractivity (Wildman–Crippen MR) is 120 cm³/mol. The number of quaternary nitrogens is 1. The zero-order valence-corrected chi connectivity index (χ0v) is 19.6. The lowest BCUT2D eigenvalue weighted by Gasteiger charge is -2.26.